The number of halogens is 3. The highest BCUT2D eigenvalue weighted by molar-refractivity contribution is 7.88. The zero-order valence-electron chi connectivity index (χ0n) is 9.07. The first kappa shape index (κ1) is 12.9. The van der Waals surface area contributed by atoms with Gasteiger partial charge in [-0.3, -0.25) is 0 Å². The summed E-state index contributed by atoms with van der Waals surface area (Å²) in [5, 5.41) is 0. The Labute approximate surface area is 102 Å². The molecule has 0 unspecified atom stereocenters. The van der Waals surface area contributed by atoms with Gasteiger partial charge in [-0.05, 0) is 24.5 Å². The normalized spacial score (nSPS) is 15.3. The number of benzene rings is 1. The summed E-state index contributed by atoms with van der Waals surface area (Å²) < 4.78 is 62.7. The molecule has 3 nitrogen and oxygen atoms in total. The van der Waals surface area contributed by atoms with Gasteiger partial charge in [-0.25, -0.2) is 0 Å². The topological polar surface area (TPSA) is 43.4 Å². The summed E-state index contributed by atoms with van der Waals surface area (Å²) in [5.41, 5.74) is -4.26. The predicted octanol–water partition coefficient (Wildman–Crippen LogP) is 2.87. The molecule has 1 aromatic carbocycles. The third kappa shape index (κ3) is 2.35. The zero-order valence-corrected chi connectivity index (χ0v) is 9.88. The first-order valence-electron chi connectivity index (χ1n) is 5.10. The minimum atomic E-state index is -5.61. The first-order valence-corrected chi connectivity index (χ1v) is 6.51. The Morgan fingerprint density at radius 1 is 1.22 bits per heavy atom. The quantitative estimate of drug-likeness (QED) is 0.617. The second kappa shape index (κ2) is 4.31. The molecule has 18 heavy (non-hydrogen) atoms. The van der Waals surface area contributed by atoms with Gasteiger partial charge in [0.05, 0.1) is 0 Å². The maximum absolute atomic E-state index is 12.2. The largest absolute Gasteiger partial charge is 0.534 e. The van der Waals surface area contributed by atoms with Crippen LogP contribution in [0.3, 0.4) is 0 Å². The molecule has 7 heteroatoms. The molecular weight excluding hydrogens is 269 g/mol. The van der Waals surface area contributed by atoms with Crippen LogP contribution in [0.15, 0.2) is 24.3 Å². The fourth-order valence-corrected chi connectivity index (χ4v) is 2.17. The average molecular weight is 278 g/mol. The molecule has 98 valence electrons. The van der Waals surface area contributed by atoms with E-state index in [1.165, 1.54) is 12.1 Å². The molecule has 0 radical (unpaired) electrons. The Hall–Kier alpha value is -1.50. The molecule has 0 bridgehead atoms. The number of alkyl halides is 3. The van der Waals surface area contributed by atoms with Gasteiger partial charge in [-0.2, -0.15) is 21.6 Å². The number of rotatable bonds is 2. The van der Waals surface area contributed by atoms with E-state index >= 15 is 0 Å². The summed E-state index contributed by atoms with van der Waals surface area (Å²) in [4.78, 5) is 0. The summed E-state index contributed by atoms with van der Waals surface area (Å²) >= 11 is 0. The van der Waals surface area contributed by atoms with Crippen LogP contribution < -0.4 is 4.18 Å². The minimum absolute atomic E-state index is 0.255. The van der Waals surface area contributed by atoms with E-state index in [1.54, 1.807) is 12.1 Å². The molecule has 0 heterocycles. The lowest BCUT2D eigenvalue weighted by Crippen LogP contribution is -2.28. The van der Waals surface area contributed by atoms with Crippen LogP contribution in [0.1, 0.15) is 17.5 Å². The fourth-order valence-electron chi connectivity index (χ4n) is 1.69. The lowest BCUT2D eigenvalue weighted by Gasteiger charge is -2.16. The lowest BCUT2D eigenvalue weighted by atomic mass is 9.97. The maximum Gasteiger partial charge on any atom is 0.534 e. The van der Waals surface area contributed by atoms with Gasteiger partial charge in [0.1, 0.15) is 5.75 Å². The predicted molar refractivity (Wildman–Crippen MR) is 59.4 cm³/mol. The summed E-state index contributed by atoms with van der Waals surface area (Å²) in [6.45, 7) is 0. The van der Waals surface area contributed by atoms with Crippen molar-refractivity contribution in [1.29, 1.82) is 0 Å². The van der Waals surface area contributed by atoms with Crippen LogP contribution in [-0.4, -0.2) is 13.9 Å². The Bertz CT molecular complexity index is 588. The van der Waals surface area contributed by atoms with Crippen LogP contribution in [0.4, 0.5) is 13.2 Å². The van der Waals surface area contributed by atoms with Crippen molar-refractivity contribution >= 4 is 16.2 Å². The van der Waals surface area contributed by atoms with Crippen LogP contribution in [0, 0.1) is 0 Å². The molecule has 0 aliphatic heterocycles. The van der Waals surface area contributed by atoms with Crippen molar-refractivity contribution < 1.29 is 25.8 Å². The molecule has 0 amide bonds. The van der Waals surface area contributed by atoms with Crippen molar-refractivity contribution in [3.8, 4) is 5.75 Å². The van der Waals surface area contributed by atoms with Crippen molar-refractivity contribution in [1.82, 2.24) is 0 Å². The van der Waals surface area contributed by atoms with Gasteiger partial charge in [0.2, 0.25) is 0 Å². The van der Waals surface area contributed by atoms with Crippen LogP contribution in [0.5, 0.6) is 5.75 Å². The van der Waals surface area contributed by atoms with E-state index < -0.39 is 15.6 Å². The van der Waals surface area contributed by atoms with E-state index in [-0.39, 0.29) is 5.75 Å². The summed E-state index contributed by atoms with van der Waals surface area (Å²) in [6.07, 6.45) is 4.69. The van der Waals surface area contributed by atoms with Gasteiger partial charge < -0.3 is 4.18 Å². The van der Waals surface area contributed by atoms with Crippen LogP contribution >= 0.6 is 0 Å². The highest BCUT2D eigenvalue weighted by Crippen LogP contribution is 2.32. The first-order chi connectivity index (χ1) is 8.31. The van der Waals surface area contributed by atoms with Gasteiger partial charge >= 0.3 is 15.6 Å². The van der Waals surface area contributed by atoms with E-state index in [2.05, 4.69) is 4.18 Å². The van der Waals surface area contributed by atoms with Crippen molar-refractivity contribution in [2.24, 2.45) is 0 Å². The number of hydrogen-bond acceptors (Lipinski definition) is 3. The molecule has 1 aliphatic carbocycles. The summed E-state index contributed by atoms with van der Waals surface area (Å²) in [5.74, 6) is -0.255. The van der Waals surface area contributed by atoms with Crippen LogP contribution in [0.2, 0.25) is 0 Å². The van der Waals surface area contributed by atoms with Crippen molar-refractivity contribution in [2.75, 3.05) is 0 Å². The Morgan fingerprint density at radius 3 is 2.61 bits per heavy atom. The molecular formula is C11H9F3O3S. The third-order valence-electron chi connectivity index (χ3n) is 2.51. The second-order valence-electron chi connectivity index (χ2n) is 3.75. The van der Waals surface area contributed by atoms with Crippen LogP contribution in [0.25, 0.3) is 6.08 Å². The molecule has 0 aromatic heterocycles. The fraction of sp³-hybridized carbons (Fsp3) is 0.273. The van der Waals surface area contributed by atoms with Gasteiger partial charge in [0.25, 0.3) is 0 Å². The van der Waals surface area contributed by atoms with Gasteiger partial charge in [0.15, 0.2) is 0 Å². The summed E-state index contributed by atoms with van der Waals surface area (Å²) in [7, 11) is -5.61. The average Bonchev–Trinajstić information content (AvgIpc) is 2.27. The maximum atomic E-state index is 12.2. The molecule has 0 atom stereocenters. The Morgan fingerprint density at radius 2 is 1.94 bits per heavy atom. The van der Waals surface area contributed by atoms with E-state index in [0.29, 0.717) is 24.0 Å². The SMILES string of the molecule is O=S(=O)(Oc1cccc2c1CCC=C2)C(F)(F)F. The van der Waals surface area contributed by atoms with Crippen molar-refractivity contribution in [2.45, 2.75) is 18.3 Å². The molecule has 0 saturated heterocycles. The molecule has 0 saturated carbocycles. The third-order valence-corrected chi connectivity index (χ3v) is 3.48. The summed E-state index contributed by atoms with van der Waals surface area (Å²) in [6, 6.07) is 4.37. The van der Waals surface area contributed by atoms with E-state index in [0.717, 1.165) is 0 Å². The van der Waals surface area contributed by atoms with E-state index in [9.17, 15) is 21.6 Å². The zero-order chi connectivity index (χ0) is 13.4. The van der Waals surface area contributed by atoms with Gasteiger partial charge in [-0.15, -0.1) is 0 Å². The Kier molecular flexibility index (Phi) is 3.10. The molecule has 0 spiro atoms. The highest BCUT2D eigenvalue weighted by Gasteiger charge is 2.48. The molecule has 1 aliphatic rings. The smallest absolute Gasteiger partial charge is 0.376 e. The standard InChI is InChI=1S/C11H9F3O3S/c12-11(13,14)18(15,16)17-10-7-3-5-8-4-1-2-6-9(8)10/h1,3-5,7H,2,6H2. The number of fused-ring (bicyclic) bond motifs is 1. The monoisotopic (exact) mass is 278 g/mol. The van der Waals surface area contributed by atoms with Gasteiger partial charge in [0, 0.05) is 5.56 Å². The van der Waals surface area contributed by atoms with E-state index in [4.69, 9.17) is 0 Å². The van der Waals surface area contributed by atoms with E-state index in [1.807, 2.05) is 6.08 Å². The molecule has 0 N–H and O–H groups in total. The van der Waals surface area contributed by atoms with Crippen LogP contribution in [-0.2, 0) is 16.5 Å². The lowest BCUT2D eigenvalue weighted by molar-refractivity contribution is -0.0500. The Balaban J connectivity index is 2.40. The second-order valence-corrected chi connectivity index (χ2v) is 5.29. The number of hydrogen-bond donors (Lipinski definition) is 0. The van der Waals surface area contributed by atoms with Crippen molar-refractivity contribution in [3.05, 3.63) is 35.4 Å². The van der Waals surface area contributed by atoms with Crippen molar-refractivity contribution in [3.63, 3.8) is 0 Å². The highest BCUT2D eigenvalue weighted by atomic mass is 32.2. The minimum Gasteiger partial charge on any atom is -0.376 e. The molecule has 1 aromatic rings. The molecule has 2 rings (SSSR count). The van der Waals surface area contributed by atoms with Gasteiger partial charge in [-0.1, -0.05) is 24.3 Å². The molecule has 0 fully saturated rings. The number of allylic oxidation sites excluding steroid dienone is 1.